The molecule has 12 nitrogen and oxygen atoms in total. The van der Waals surface area contributed by atoms with E-state index in [1.54, 1.807) is 6.20 Å². The molecule has 0 aliphatic rings. The first-order valence-corrected chi connectivity index (χ1v) is 15.2. The Balaban J connectivity index is 1.75. The van der Waals surface area contributed by atoms with Gasteiger partial charge in [-0.25, -0.2) is 4.79 Å². The number of hydrogen-bond donors (Lipinski definition) is 7. The molecular weight excluding hydrogens is 572 g/mol. The van der Waals surface area contributed by atoms with E-state index in [9.17, 15) is 29.1 Å². The van der Waals surface area contributed by atoms with Crippen LogP contribution in [0.2, 0.25) is 0 Å². The van der Waals surface area contributed by atoms with Crippen LogP contribution in [0.15, 0.2) is 60.8 Å². The van der Waals surface area contributed by atoms with Crippen LogP contribution in [0.1, 0.15) is 30.4 Å². The molecule has 43 heavy (non-hydrogen) atoms. The molecule has 3 aromatic rings. The molecule has 0 radical (unpaired) electrons. The molecule has 0 fully saturated rings. The molecular formula is C30H38N6O6S. The zero-order chi connectivity index (χ0) is 31.4. The quantitative estimate of drug-likeness (QED) is 0.116. The predicted octanol–water partition coefficient (Wildman–Crippen LogP) is 0.838. The second-order valence-corrected chi connectivity index (χ2v) is 11.2. The summed E-state index contributed by atoms with van der Waals surface area (Å²) in [5, 5.41) is 18.3. The van der Waals surface area contributed by atoms with Gasteiger partial charge >= 0.3 is 5.97 Å². The topological polar surface area (TPSA) is 209 Å². The van der Waals surface area contributed by atoms with Crippen molar-refractivity contribution in [1.29, 1.82) is 0 Å². The number of aromatic nitrogens is 1. The maximum Gasteiger partial charge on any atom is 0.326 e. The van der Waals surface area contributed by atoms with Crippen molar-refractivity contribution in [2.75, 3.05) is 12.0 Å². The maximum atomic E-state index is 13.6. The number of hydrogen-bond acceptors (Lipinski definition) is 7. The molecule has 0 bridgehead atoms. The van der Waals surface area contributed by atoms with Crippen LogP contribution in [0.3, 0.4) is 0 Å². The summed E-state index contributed by atoms with van der Waals surface area (Å²) in [4.78, 5) is 65.9. The van der Waals surface area contributed by atoms with E-state index in [1.165, 1.54) is 11.8 Å². The van der Waals surface area contributed by atoms with Gasteiger partial charge in [0.25, 0.3) is 0 Å². The van der Waals surface area contributed by atoms with Gasteiger partial charge in [0.1, 0.15) is 18.1 Å². The average Bonchev–Trinajstić information content (AvgIpc) is 3.39. The summed E-state index contributed by atoms with van der Waals surface area (Å²) in [6.45, 7) is 0. The zero-order valence-electron chi connectivity index (χ0n) is 23.9. The fourth-order valence-corrected chi connectivity index (χ4v) is 5.03. The molecule has 0 saturated carbocycles. The Labute approximate surface area is 253 Å². The van der Waals surface area contributed by atoms with E-state index >= 15 is 0 Å². The third-order valence-electron chi connectivity index (χ3n) is 6.90. The number of benzene rings is 2. The van der Waals surface area contributed by atoms with Crippen molar-refractivity contribution in [3.63, 3.8) is 0 Å². The van der Waals surface area contributed by atoms with Crippen LogP contribution >= 0.6 is 11.8 Å². The lowest BCUT2D eigenvalue weighted by molar-refractivity contribution is -0.142. The van der Waals surface area contributed by atoms with Crippen molar-refractivity contribution in [2.24, 2.45) is 11.5 Å². The Bertz CT molecular complexity index is 1410. The summed E-state index contributed by atoms with van der Waals surface area (Å²) in [6.07, 6.45) is 3.77. The zero-order valence-corrected chi connectivity index (χ0v) is 24.7. The van der Waals surface area contributed by atoms with Crippen LogP contribution < -0.4 is 27.4 Å². The number of aromatic amines is 1. The van der Waals surface area contributed by atoms with Crippen LogP contribution in [0.25, 0.3) is 10.9 Å². The third-order valence-corrected chi connectivity index (χ3v) is 7.55. The second kappa shape index (κ2) is 16.3. The van der Waals surface area contributed by atoms with Crippen molar-refractivity contribution in [2.45, 2.75) is 56.3 Å². The van der Waals surface area contributed by atoms with Crippen molar-refractivity contribution >= 4 is 52.3 Å². The molecule has 4 atom stereocenters. The molecule has 230 valence electrons. The van der Waals surface area contributed by atoms with E-state index < -0.39 is 53.8 Å². The summed E-state index contributed by atoms with van der Waals surface area (Å²) in [6, 6.07) is 12.2. The van der Waals surface area contributed by atoms with E-state index in [-0.39, 0.29) is 32.1 Å². The number of carboxylic acid groups (broad SMARTS) is 1. The smallest absolute Gasteiger partial charge is 0.326 e. The van der Waals surface area contributed by atoms with Gasteiger partial charge in [-0.15, -0.1) is 0 Å². The highest BCUT2D eigenvalue weighted by Gasteiger charge is 2.30. The number of nitrogens with two attached hydrogens (primary N) is 2. The van der Waals surface area contributed by atoms with Crippen LogP contribution in [-0.4, -0.2) is 75.9 Å². The number of rotatable bonds is 17. The van der Waals surface area contributed by atoms with Gasteiger partial charge in [-0.05, 0) is 48.5 Å². The minimum absolute atomic E-state index is 0.130. The van der Waals surface area contributed by atoms with Crippen LogP contribution in [0.4, 0.5) is 0 Å². The Kier molecular flexibility index (Phi) is 12.6. The summed E-state index contributed by atoms with van der Waals surface area (Å²) >= 11 is 1.44. The first kappa shape index (κ1) is 33.1. The van der Waals surface area contributed by atoms with Crippen LogP contribution in [-0.2, 0) is 36.8 Å². The molecule has 0 aliphatic carbocycles. The van der Waals surface area contributed by atoms with Gasteiger partial charge in [0.15, 0.2) is 0 Å². The van der Waals surface area contributed by atoms with Crippen LogP contribution in [0, 0.1) is 0 Å². The Morgan fingerprint density at radius 1 is 0.837 bits per heavy atom. The molecule has 13 heteroatoms. The largest absolute Gasteiger partial charge is 0.480 e. The Morgan fingerprint density at radius 3 is 2.14 bits per heavy atom. The number of fused-ring (bicyclic) bond motifs is 1. The average molecular weight is 611 g/mol. The number of thioether (sulfide) groups is 1. The van der Waals surface area contributed by atoms with E-state index in [4.69, 9.17) is 11.5 Å². The lowest BCUT2D eigenvalue weighted by Crippen LogP contribution is -2.58. The van der Waals surface area contributed by atoms with Gasteiger partial charge in [0.2, 0.25) is 23.6 Å². The molecule has 9 N–H and O–H groups in total. The van der Waals surface area contributed by atoms with Gasteiger partial charge < -0.3 is 37.5 Å². The van der Waals surface area contributed by atoms with Gasteiger partial charge in [-0.1, -0.05) is 48.5 Å². The standard InChI is InChI=1S/C30H38N6O6S/c1-43-14-13-23(28(39)35-24(30(41)42)11-12-26(32)37)34-29(40)25(15-18-7-3-2-4-8-18)36-27(38)21(31)16-19-17-33-22-10-6-5-9-20(19)22/h2-10,17,21,23-25,33H,11-16,31H2,1H3,(H2,32,37)(H,34,40)(H,35,39)(H,36,38)(H,41,42). The molecule has 0 spiro atoms. The summed E-state index contributed by atoms with van der Waals surface area (Å²) in [5.41, 5.74) is 14.0. The molecule has 1 aromatic heterocycles. The number of aliphatic carboxylic acids is 1. The van der Waals surface area contributed by atoms with Gasteiger partial charge in [0, 0.05) is 29.9 Å². The van der Waals surface area contributed by atoms with Crippen molar-refractivity contribution in [3.05, 3.63) is 71.9 Å². The number of H-pyrrole nitrogens is 1. The number of amides is 4. The Morgan fingerprint density at radius 2 is 1.47 bits per heavy atom. The molecule has 1 heterocycles. The number of primary amides is 1. The lowest BCUT2D eigenvalue weighted by atomic mass is 10.0. The number of para-hydroxylation sites is 1. The van der Waals surface area contributed by atoms with E-state index in [0.29, 0.717) is 5.75 Å². The first-order valence-electron chi connectivity index (χ1n) is 13.8. The molecule has 4 amide bonds. The number of carboxylic acids is 1. The predicted molar refractivity (Wildman–Crippen MR) is 165 cm³/mol. The number of carbonyl (C=O) groups is 5. The molecule has 0 aliphatic heterocycles. The SMILES string of the molecule is CSCCC(NC(=O)C(Cc1ccccc1)NC(=O)C(N)Cc1c[nH]c2ccccc12)C(=O)NC(CCC(N)=O)C(=O)O. The van der Waals surface area contributed by atoms with Crippen LogP contribution in [0.5, 0.6) is 0 Å². The van der Waals surface area contributed by atoms with Crippen molar-refractivity contribution in [1.82, 2.24) is 20.9 Å². The minimum atomic E-state index is -1.36. The van der Waals surface area contributed by atoms with E-state index in [1.807, 2.05) is 60.9 Å². The number of carbonyl (C=O) groups excluding carboxylic acids is 4. The summed E-state index contributed by atoms with van der Waals surface area (Å²) in [5.74, 6) is -3.42. The highest BCUT2D eigenvalue weighted by atomic mass is 32.2. The molecule has 4 unspecified atom stereocenters. The Hall–Kier alpha value is -4.36. The van der Waals surface area contributed by atoms with E-state index in [2.05, 4.69) is 20.9 Å². The van der Waals surface area contributed by atoms with Crippen molar-refractivity contribution in [3.8, 4) is 0 Å². The highest BCUT2D eigenvalue weighted by Crippen LogP contribution is 2.19. The fraction of sp³-hybridized carbons (Fsp3) is 0.367. The minimum Gasteiger partial charge on any atom is -0.480 e. The van der Waals surface area contributed by atoms with Gasteiger partial charge in [-0.3, -0.25) is 19.2 Å². The fourth-order valence-electron chi connectivity index (χ4n) is 4.56. The van der Waals surface area contributed by atoms with Gasteiger partial charge in [0.05, 0.1) is 6.04 Å². The monoisotopic (exact) mass is 610 g/mol. The summed E-state index contributed by atoms with van der Waals surface area (Å²) < 4.78 is 0. The summed E-state index contributed by atoms with van der Waals surface area (Å²) in [7, 11) is 0. The molecule has 3 rings (SSSR count). The highest BCUT2D eigenvalue weighted by molar-refractivity contribution is 7.98. The molecule has 0 saturated heterocycles. The van der Waals surface area contributed by atoms with E-state index in [0.717, 1.165) is 22.0 Å². The number of nitrogens with one attached hydrogen (secondary N) is 4. The molecule has 2 aromatic carbocycles. The second-order valence-electron chi connectivity index (χ2n) is 10.2. The van der Waals surface area contributed by atoms with Gasteiger partial charge in [-0.2, -0.15) is 11.8 Å². The normalized spacial score (nSPS) is 13.8. The maximum absolute atomic E-state index is 13.6. The first-order chi connectivity index (χ1) is 20.6. The van der Waals surface area contributed by atoms with Crippen molar-refractivity contribution < 1.29 is 29.1 Å². The third kappa shape index (κ3) is 10.1. The lowest BCUT2D eigenvalue weighted by Gasteiger charge is -2.25.